The van der Waals surface area contributed by atoms with Crippen LogP contribution in [0.4, 0.5) is 0 Å². The second-order valence-corrected chi connectivity index (χ2v) is 4.78. The highest BCUT2D eigenvalue weighted by Gasteiger charge is 2.20. The summed E-state index contributed by atoms with van der Waals surface area (Å²) in [6.07, 6.45) is 2.14. The average molecular weight is 276 g/mol. The van der Waals surface area contributed by atoms with E-state index in [-0.39, 0.29) is 0 Å². The van der Waals surface area contributed by atoms with E-state index in [1.165, 1.54) is 5.56 Å². The molecule has 14 heavy (non-hydrogen) atoms. The van der Waals surface area contributed by atoms with Gasteiger partial charge in [-0.3, -0.25) is 0 Å². The van der Waals surface area contributed by atoms with Crippen LogP contribution in [0.5, 0.6) is 0 Å². The number of hydrogen-bond acceptors (Lipinski definition) is 1. The Bertz CT molecular complexity index is 301. The van der Waals surface area contributed by atoms with Gasteiger partial charge < -0.3 is 4.74 Å². The summed E-state index contributed by atoms with van der Waals surface area (Å²) in [5, 5.41) is 0.867. The van der Waals surface area contributed by atoms with Gasteiger partial charge in [-0.2, -0.15) is 0 Å². The van der Waals surface area contributed by atoms with Crippen molar-refractivity contribution in [1.82, 2.24) is 0 Å². The van der Waals surface area contributed by atoms with Crippen LogP contribution in [0.25, 0.3) is 0 Å². The van der Waals surface area contributed by atoms with Crippen LogP contribution in [-0.4, -0.2) is 13.2 Å². The topological polar surface area (TPSA) is 9.23 Å². The Morgan fingerprint density at radius 1 is 1.29 bits per heavy atom. The van der Waals surface area contributed by atoms with Gasteiger partial charge >= 0.3 is 0 Å². The smallest absolute Gasteiger partial charge is 0.0471 e. The van der Waals surface area contributed by atoms with Gasteiger partial charge in [0.05, 0.1) is 0 Å². The van der Waals surface area contributed by atoms with E-state index in [1.807, 2.05) is 12.1 Å². The molecule has 1 saturated heterocycles. The summed E-state index contributed by atoms with van der Waals surface area (Å²) in [5.41, 5.74) is 1.25. The van der Waals surface area contributed by atoms with Gasteiger partial charge in [0.25, 0.3) is 0 Å². The molecular formula is C11H12BrClO. The molecule has 0 N–H and O–H groups in total. The Morgan fingerprint density at radius 3 is 2.64 bits per heavy atom. The molecule has 0 aromatic heterocycles. The van der Waals surface area contributed by atoms with Gasteiger partial charge in [-0.25, -0.2) is 0 Å². The molecule has 1 aliphatic rings. The van der Waals surface area contributed by atoms with Crippen LogP contribution >= 0.6 is 27.5 Å². The zero-order valence-corrected chi connectivity index (χ0v) is 10.1. The predicted octanol–water partition coefficient (Wildman–Crippen LogP) is 4.00. The number of rotatable bonds is 1. The molecule has 1 aromatic rings. The van der Waals surface area contributed by atoms with Crippen molar-refractivity contribution >= 4 is 27.5 Å². The molecule has 1 aromatic carbocycles. The quantitative estimate of drug-likeness (QED) is 0.753. The summed E-state index contributed by atoms with van der Waals surface area (Å²) in [6.45, 7) is 1.70. The fraction of sp³-hybridized carbons (Fsp3) is 0.455. The monoisotopic (exact) mass is 274 g/mol. The van der Waals surface area contributed by atoms with Crippen LogP contribution in [0.1, 0.15) is 24.3 Å². The Kier molecular flexibility index (Phi) is 3.47. The molecule has 2 rings (SSSR count). The third-order valence-electron chi connectivity index (χ3n) is 2.63. The van der Waals surface area contributed by atoms with Crippen molar-refractivity contribution in [2.24, 2.45) is 0 Å². The predicted molar refractivity (Wildman–Crippen MR) is 61.9 cm³/mol. The maximum Gasteiger partial charge on any atom is 0.0471 e. The largest absolute Gasteiger partial charge is 0.381 e. The maximum atomic E-state index is 6.19. The normalized spacial score (nSPS) is 18.4. The Morgan fingerprint density at radius 2 is 2.00 bits per heavy atom. The highest BCUT2D eigenvalue weighted by atomic mass is 79.9. The highest BCUT2D eigenvalue weighted by molar-refractivity contribution is 9.10. The van der Waals surface area contributed by atoms with Crippen molar-refractivity contribution in [2.45, 2.75) is 18.8 Å². The molecule has 0 aliphatic carbocycles. The first-order valence-electron chi connectivity index (χ1n) is 4.80. The molecule has 1 nitrogen and oxygen atoms in total. The van der Waals surface area contributed by atoms with Crippen molar-refractivity contribution in [2.75, 3.05) is 13.2 Å². The second-order valence-electron chi connectivity index (χ2n) is 3.52. The molecule has 0 saturated carbocycles. The van der Waals surface area contributed by atoms with Crippen molar-refractivity contribution in [1.29, 1.82) is 0 Å². The minimum Gasteiger partial charge on any atom is -0.381 e. The Balaban J connectivity index is 2.29. The van der Waals surface area contributed by atoms with Crippen molar-refractivity contribution < 1.29 is 4.74 Å². The first-order chi connectivity index (χ1) is 6.79. The standard InChI is InChI=1S/C11H12BrClO/c12-9-2-1-3-10(13)11(9)8-4-6-14-7-5-8/h1-3,8H,4-7H2. The summed E-state index contributed by atoms with van der Waals surface area (Å²) in [5.74, 6) is 0.548. The molecule has 0 amide bonds. The first-order valence-corrected chi connectivity index (χ1v) is 5.98. The minimum absolute atomic E-state index is 0.548. The molecule has 0 radical (unpaired) electrons. The summed E-state index contributed by atoms with van der Waals surface area (Å²) in [6, 6.07) is 5.98. The molecule has 1 fully saturated rings. The first kappa shape index (κ1) is 10.5. The fourth-order valence-corrected chi connectivity index (χ4v) is 3.02. The van der Waals surface area contributed by atoms with E-state index in [0.717, 1.165) is 35.6 Å². The lowest BCUT2D eigenvalue weighted by Crippen LogP contribution is -2.14. The number of benzene rings is 1. The molecule has 0 atom stereocenters. The van der Waals surface area contributed by atoms with Crippen LogP contribution in [0.2, 0.25) is 5.02 Å². The summed E-state index contributed by atoms with van der Waals surface area (Å²) in [7, 11) is 0. The highest BCUT2D eigenvalue weighted by Crippen LogP contribution is 2.36. The lowest BCUT2D eigenvalue weighted by Gasteiger charge is -2.24. The lowest BCUT2D eigenvalue weighted by molar-refractivity contribution is 0.0852. The SMILES string of the molecule is Clc1cccc(Br)c1C1CCOCC1. The molecular weight excluding hydrogens is 263 g/mol. The van der Waals surface area contributed by atoms with E-state index < -0.39 is 0 Å². The van der Waals surface area contributed by atoms with Gasteiger partial charge in [-0.1, -0.05) is 33.6 Å². The van der Waals surface area contributed by atoms with E-state index in [1.54, 1.807) is 0 Å². The number of hydrogen-bond donors (Lipinski definition) is 0. The fourth-order valence-electron chi connectivity index (χ4n) is 1.89. The van der Waals surface area contributed by atoms with E-state index >= 15 is 0 Å². The number of ether oxygens (including phenoxy) is 1. The van der Waals surface area contributed by atoms with Crippen LogP contribution < -0.4 is 0 Å². The number of halogens is 2. The van der Waals surface area contributed by atoms with Crippen LogP contribution in [0, 0.1) is 0 Å². The van der Waals surface area contributed by atoms with E-state index in [9.17, 15) is 0 Å². The van der Waals surface area contributed by atoms with E-state index in [4.69, 9.17) is 16.3 Å². The molecule has 1 heterocycles. The minimum atomic E-state index is 0.548. The van der Waals surface area contributed by atoms with E-state index in [0.29, 0.717) is 5.92 Å². The summed E-state index contributed by atoms with van der Waals surface area (Å²) in [4.78, 5) is 0. The van der Waals surface area contributed by atoms with Crippen LogP contribution in [-0.2, 0) is 4.74 Å². The Hall–Kier alpha value is -0.0500. The zero-order chi connectivity index (χ0) is 9.97. The van der Waals surface area contributed by atoms with Crippen molar-refractivity contribution in [3.05, 3.63) is 33.3 Å². The van der Waals surface area contributed by atoms with Crippen molar-refractivity contribution in [3.8, 4) is 0 Å². The summed E-state index contributed by atoms with van der Waals surface area (Å²) >= 11 is 9.75. The van der Waals surface area contributed by atoms with Crippen LogP contribution in [0.15, 0.2) is 22.7 Å². The van der Waals surface area contributed by atoms with Gasteiger partial charge in [-0.05, 0) is 36.5 Å². The average Bonchev–Trinajstić information content (AvgIpc) is 2.19. The van der Waals surface area contributed by atoms with E-state index in [2.05, 4.69) is 22.0 Å². The molecule has 0 bridgehead atoms. The molecule has 3 heteroatoms. The summed E-state index contributed by atoms with van der Waals surface area (Å²) < 4.78 is 6.46. The second kappa shape index (κ2) is 4.65. The third-order valence-corrected chi connectivity index (χ3v) is 3.65. The zero-order valence-electron chi connectivity index (χ0n) is 7.80. The molecule has 0 spiro atoms. The lowest BCUT2D eigenvalue weighted by atomic mass is 9.92. The maximum absolute atomic E-state index is 6.19. The Labute approximate surface area is 97.5 Å². The third kappa shape index (κ3) is 2.13. The van der Waals surface area contributed by atoms with Gasteiger partial charge in [0, 0.05) is 22.7 Å². The molecule has 0 unspecified atom stereocenters. The molecule has 76 valence electrons. The molecule has 1 aliphatic heterocycles. The van der Waals surface area contributed by atoms with Gasteiger partial charge in [-0.15, -0.1) is 0 Å². The van der Waals surface area contributed by atoms with Gasteiger partial charge in [0.1, 0.15) is 0 Å². The van der Waals surface area contributed by atoms with Crippen LogP contribution in [0.3, 0.4) is 0 Å². The van der Waals surface area contributed by atoms with Gasteiger partial charge in [0.2, 0.25) is 0 Å². The van der Waals surface area contributed by atoms with Crippen molar-refractivity contribution in [3.63, 3.8) is 0 Å². The van der Waals surface area contributed by atoms with Gasteiger partial charge in [0.15, 0.2) is 0 Å².